The second kappa shape index (κ2) is 4.92. The van der Waals surface area contributed by atoms with Crippen molar-refractivity contribution in [1.29, 1.82) is 5.26 Å². The molecular weight excluding hydrogens is 180 g/mol. The molecule has 0 aliphatic heterocycles. The first-order valence-electron chi connectivity index (χ1n) is 4.26. The van der Waals surface area contributed by atoms with E-state index in [1.165, 1.54) is 6.20 Å². The second-order valence-electron chi connectivity index (χ2n) is 2.69. The van der Waals surface area contributed by atoms with Gasteiger partial charge < -0.3 is 5.32 Å². The Morgan fingerprint density at radius 3 is 3.07 bits per heavy atom. The van der Waals surface area contributed by atoms with Gasteiger partial charge in [0.25, 0.3) is 0 Å². The molecule has 5 nitrogen and oxygen atoms in total. The van der Waals surface area contributed by atoms with Crippen LogP contribution in [0, 0.1) is 17.2 Å². The smallest absolute Gasteiger partial charge is 0.242 e. The van der Waals surface area contributed by atoms with E-state index in [0.717, 1.165) is 0 Å². The van der Waals surface area contributed by atoms with Crippen LogP contribution < -0.4 is 5.32 Å². The zero-order valence-electron chi connectivity index (χ0n) is 7.77. The van der Waals surface area contributed by atoms with Gasteiger partial charge in [-0.2, -0.15) is 10.4 Å². The van der Waals surface area contributed by atoms with E-state index in [2.05, 4.69) is 15.5 Å². The molecule has 0 spiro atoms. The summed E-state index contributed by atoms with van der Waals surface area (Å²) in [6.07, 6.45) is 2.00. The van der Waals surface area contributed by atoms with E-state index in [1.807, 2.05) is 6.07 Å². The summed E-state index contributed by atoms with van der Waals surface area (Å²) in [7, 11) is 0. The summed E-state index contributed by atoms with van der Waals surface area (Å²) in [6.45, 7) is 1.78. The number of hydrogen-bond acceptors (Lipinski definition) is 4. The van der Waals surface area contributed by atoms with Crippen LogP contribution in [-0.2, 0) is 4.79 Å². The molecule has 0 bridgehead atoms. The Hall–Kier alpha value is -1.96. The van der Waals surface area contributed by atoms with Crippen LogP contribution in [0.1, 0.15) is 13.3 Å². The molecule has 1 amide bonds. The molecule has 0 aromatic carbocycles. The number of anilines is 1. The molecule has 1 aromatic heterocycles. The first-order valence-corrected chi connectivity index (χ1v) is 4.26. The lowest BCUT2D eigenvalue weighted by atomic mass is 10.1. The number of rotatable bonds is 3. The summed E-state index contributed by atoms with van der Waals surface area (Å²) < 4.78 is 0. The third kappa shape index (κ3) is 2.52. The zero-order chi connectivity index (χ0) is 10.4. The Morgan fingerprint density at radius 1 is 1.79 bits per heavy atom. The van der Waals surface area contributed by atoms with Gasteiger partial charge in [0.1, 0.15) is 5.92 Å². The number of nitrogens with one attached hydrogen (secondary N) is 1. The molecule has 72 valence electrons. The lowest BCUT2D eigenvalue weighted by Crippen LogP contribution is -2.21. The molecular formula is C9H10N4O. The second-order valence-corrected chi connectivity index (χ2v) is 2.69. The topological polar surface area (TPSA) is 78.7 Å². The molecule has 1 aromatic rings. The summed E-state index contributed by atoms with van der Waals surface area (Å²) in [5.41, 5.74) is 0. The first-order chi connectivity index (χ1) is 6.77. The fourth-order valence-corrected chi connectivity index (χ4v) is 0.917. The summed E-state index contributed by atoms with van der Waals surface area (Å²) in [5, 5.41) is 18.4. The number of nitrogens with zero attached hydrogens (tertiary/aromatic N) is 3. The van der Waals surface area contributed by atoms with Crippen LogP contribution in [0.5, 0.6) is 0 Å². The number of nitriles is 1. The highest BCUT2D eigenvalue weighted by molar-refractivity contribution is 5.93. The molecule has 1 heterocycles. The molecule has 5 heteroatoms. The number of carbonyl (C=O) groups excluding carboxylic acids is 1. The van der Waals surface area contributed by atoms with Crippen LogP contribution in [0.15, 0.2) is 18.3 Å². The average Bonchev–Trinajstić information content (AvgIpc) is 2.21. The van der Waals surface area contributed by atoms with Gasteiger partial charge in [-0.3, -0.25) is 4.79 Å². The molecule has 0 saturated carbocycles. The largest absolute Gasteiger partial charge is 0.308 e. The van der Waals surface area contributed by atoms with Crippen LogP contribution in [0.2, 0.25) is 0 Å². The Kier molecular flexibility index (Phi) is 3.56. The molecule has 0 saturated heterocycles. The minimum Gasteiger partial charge on any atom is -0.308 e. The molecule has 14 heavy (non-hydrogen) atoms. The Bertz CT molecular complexity index is 344. The van der Waals surface area contributed by atoms with Crippen LogP contribution >= 0.6 is 0 Å². The number of hydrogen-bond donors (Lipinski definition) is 1. The standard InChI is InChI=1S/C9H10N4O/c1-2-7(6-10)9(14)12-8-4-3-5-11-13-8/h3-5,7H,2H2,1H3,(H,12,13,14). The highest BCUT2D eigenvalue weighted by Gasteiger charge is 2.15. The van der Waals surface area contributed by atoms with Crippen LogP contribution in [0.3, 0.4) is 0 Å². The van der Waals surface area contributed by atoms with Crippen molar-refractivity contribution in [2.45, 2.75) is 13.3 Å². The predicted molar refractivity (Wildman–Crippen MR) is 50.1 cm³/mol. The number of amides is 1. The van der Waals surface area contributed by atoms with Crippen LogP contribution in [0.4, 0.5) is 5.82 Å². The predicted octanol–water partition coefficient (Wildman–Crippen LogP) is 0.965. The quantitative estimate of drug-likeness (QED) is 0.770. The Labute approximate surface area is 81.8 Å². The molecule has 0 fully saturated rings. The van der Waals surface area contributed by atoms with Gasteiger partial charge >= 0.3 is 0 Å². The van der Waals surface area contributed by atoms with E-state index in [1.54, 1.807) is 19.1 Å². The summed E-state index contributed by atoms with van der Waals surface area (Å²) in [6, 6.07) is 5.19. The molecule has 1 N–H and O–H groups in total. The van der Waals surface area contributed by atoms with Crippen LogP contribution in [-0.4, -0.2) is 16.1 Å². The minimum absolute atomic E-state index is 0.337. The Morgan fingerprint density at radius 2 is 2.57 bits per heavy atom. The van der Waals surface area contributed by atoms with Crippen molar-refractivity contribution in [1.82, 2.24) is 10.2 Å². The van der Waals surface area contributed by atoms with Gasteiger partial charge in [-0.25, -0.2) is 0 Å². The first kappa shape index (κ1) is 10.1. The lowest BCUT2D eigenvalue weighted by Gasteiger charge is -2.05. The third-order valence-corrected chi connectivity index (χ3v) is 1.70. The van der Waals surface area contributed by atoms with Crippen molar-refractivity contribution in [3.8, 4) is 6.07 Å². The minimum atomic E-state index is -0.628. The maximum absolute atomic E-state index is 11.4. The molecule has 1 rings (SSSR count). The van der Waals surface area contributed by atoms with Gasteiger partial charge in [0.05, 0.1) is 6.07 Å². The summed E-state index contributed by atoms with van der Waals surface area (Å²) in [5.74, 6) is -0.598. The highest BCUT2D eigenvalue weighted by atomic mass is 16.1. The summed E-state index contributed by atoms with van der Waals surface area (Å²) >= 11 is 0. The van der Waals surface area contributed by atoms with Crippen LogP contribution in [0.25, 0.3) is 0 Å². The van der Waals surface area contributed by atoms with E-state index >= 15 is 0 Å². The van der Waals surface area contributed by atoms with Crippen molar-refractivity contribution in [2.24, 2.45) is 5.92 Å². The van der Waals surface area contributed by atoms with Crippen molar-refractivity contribution in [3.63, 3.8) is 0 Å². The molecule has 0 aliphatic carbocycles. The van der Waals surface area contributed by atoms with E-state index in [-0.39, 0.29) is 5.91 Å². The lowest BCUT2D eigenvalue weighted by molar-refractivity contribution is -0.118. The Balaban J connectivity index is 2.62. The summed E-state index contributed by atoms with van der Waals surface area (Å²) in [4.78, 5) is 11.4. The number of aromatic nitrogens is 2. The third-order valence-electron chi connectivity index (χ3n) is 1.70. The molecule has 1 atom stereocenters. The molecule has 0 aliphatic rings. The fourth-order valence-electron chi connectivity index (χ4n) is 0.917. The van der Waals surface area contributed by atoms with Gasteiger partial charge in [0.2, 0.25) is 5.91 Å². The van der Waals surface area contributed by atoms with Gasteiger partial charge in [0.15, 0.2) is 5.82 Å². The van der Waals surface area contributed by atoms with Gasteiger partial charge in [-0.15, -0.1) is 5.10 Å². The maximum Gasteiger partial charge on any atom is 0.242 e. The van der Waals surface area contributed by atoms with Gasteiger partial charge in [0, 0.05) is 6.20 Å². The van der Waals surface area contributed by atoms with E-state index < -0.39 is 5.92 Å². The monoisotopic (exact) mass is 190 g/mol. The molecule has 0 radical (unpaired) electrons. The van der Waals surface area contributed by atoms with Gasteiger partial charge in [-0.05, 0) is 18.6 Å². The zero-order valence-corrected chi connectivity index (χ0v) is 7.77. The van der Waals surface area contributed by atoms with Gasteiger partial charge in [-0.1, -0.05) is 6.92 Å². The molecule has 1 unspecified atom stereocenters. The highest BCUT2D eigenvalue weighted by Crippen LogP contribution is 2.05. The van der Waals surface area contributed by atoms with Crippen molar-refractivity contribution in [3.05, 3.63) is 18.3 Å². The van der Waals surface area contributed by atoms with E-state index in [9.17, 15) is 4.79 Å². The SMILES string of the molecule is CCC(C#N)C(=O)Nc1cccnn1. The average molecular weight is 190 g/mol. The normalized spacial score (nSPS) is 11.4. The van der Waals surface area contributed by atoms with Crippen molar-refractivity contribution < 1.29 is 4.79 Å². The van der Waals surface area contributed by atoms with E-state index in [4.69, 9.17) is 5.26 Å². The van der Waals surface area contributed by atoms with Crippen molar-refractivity contribution >= 4 is 11.7 Å². The van der Waals surface area contributed by atoms with Crippen molar-refractivity contribution in [2.75, 3.05) is 5.32 Å². The van der Waals surface area contributed by atoms with E-state index in [0.29, 0.717) is 12.2 Å². The maximum atomic E-state index is 11.4. The number of carbonyl (C=O) groups is 1. The fraction of sp³-hybridized carbons (Fsp3) is 0.333.